The minimum atomic E-state index is 0.319. The van der Waals surface area contributed by atoms with Crippen molar-refractivity contribution >= 4 is 11.3 Å². The molecule has 1 unspecified atom stereocenters. The summed E-state index contributed by atoms with van der Waals surface area (Å²) >= 11 is 1.76. The molecular formula is C15H20N2S. The lowest BCUT2D eigenvalue weighted by Crippen LogP contribution is -2.25. The van der Waals surface area contributed by atoms with E-state index >= 15 is 0 Å². The first-order valence-electron chi connectivity index (χ1n) is 6.47. The molecule has 0 saturated heterocycles. The second-order valence-electron chi connectivity index (χ2n) is 4.55. The van der Waals surface area contributed by atoms with E-state index < -0.39 is 0 Å². The van der Waals surface area contributed by atoms with Crippen LogP contribution in [-0.2, 0) is 6.42 Å². The van der Waals surface area contributed by atoms with Gasteiger partial charge in [-0.2, -0.15) is 11.3 Å². The molecule has 0 aliphatic heterocycles. The van der Waals surface area contributed by atoms with Crippen LogP contribution in [0.15, 0.2) is 35.0 Å². The van der Waals surface area contributed by atoms with E-state index in [0.29, 0.717) is 6.04 Å². The smallest absolute Gasteiger partial charge is 0.0579 e. The Labute approximate surface area is 113 Å². The van der Waals surface area contributed by atoms with Gasteiger partial charge in [0, 0.05) is 5.69 Å². The lowest BCUT2D eigenvalue weighted by atomic mass is 10.0. The van der Waals surface area contributed by atoms with Crippen molar-refractivity contribution in [3.8, 4) is 0 Å². The zero-order chi connectivity index (χ0) is 12.8. The Morgan fingerprint density at radius 1 is 1.33 bits per heavy atom. The van der Waals surface area contributed by atoms with Crippen molar-refractivity contribution in [2.75, 3.05) is 6.54 Å². The molecule has 0 fully saturated rings. The number of nitrogens with zero attached hydrogens (tertiary/aromatic N) is 1. The van der Waals surface area contributed by atoms with Crippen molar-refractivity contribution in [2.24, 2.45) is 0 Å². The molecular weight excluding hydrogens is 240 g/mol. The van der Waals surface area contributed by atoms with Crippen LogP contribution >= 0.6 is 11.3 Å². The Bertz CT molecular complexity index is 465. The fourth-order valence-electron chi connectivity index (χ4n) is 2.00. The van der Waals surface area contributed by atoms with E-state index in [-0.39, 0.29) is 0 Å². The van der Waals surface area contributed by atoms with Crippen LogP contribution in [0, 0.1) is 6.92 Å². The number of nitrogens with one attached hydrogen (secondary N) is 1. The van der Waals surface area contributed by atoms with E-state index in [1.807, 2.05) is 13.0 Å². The van der Waals surface area contributed by atoms with Gasteiger partial charge in [0.1, 0.15) is 0 Å². The third-order valence-corrected chi connectivity index (χ3v) is 3.66. The first-order chi connectivity index (χ1) is 8.79. The van der Waals surface area contributed by atoms with Gasteiger partial charge in [-0.1, -0.05) is 13.0 Å². The van der Waals surface area contributed by atoms with E-state index in [0.717, 1.165) is 30.8 Å². The summed E-state index contributed by atoms with van der Waals surface area (Å²) in [6.07, 6.45) is 2.16. The lowest BCUT2D eigenvalue weighted by molar-refractivity contribution is 0.517. The Balaban J connectivity index is 2.13. The molecule has 2 aromatic rings. The molecule has 0 aromatic carbocycles. The number of pyridine rings is 1. The van der Waals surface area contributed by atoms with Crippen molar-refractivity contribution in [2.45, 2.75) is 32.7 Å². The molecule has 2 aromatic heterocycles. The van der Waals surface area contributed by atoms with Gasteiger partial charge in [-0.3, -0.25) is 4.98 Å². The van der Waals surface area contributed by atoms with Crippen LogP contribution in [-0.4, -0.2) is 11.5 Å². The summed E-state index contributed by atoms with van der Waals surface area (Å²) in [4.78, 5) is 4.65. The lowest BCUT2D eigenvalue weighted by Gasteiger charge is -2.18. The normalized spacial score (nSPS) is 12.6. The van der Waals surface area contributed by atoms with Crippen LogP contribution in [0.2, 0.25) is 0 Å². The molecule has 1 atom stereocenters. The van der Waals surface area contributed by atoms with Crippen molar-refractivity contribution in [3.63, 3.8) is 0 Å². The largest absolute Gasteiger partial charge is 0.308 e. The van der Waals surface area contributed by atoms with Gasteiger partial charge in [-0.15, -0.1) is 0 Å². The van der Waals surface area contributed by atoms with Crippen molar-refractivity contribution in [1.82, 2.24) is 10.3 Å². The third-order valence-electron chi connectivity index (χ3n) is 2.93. The van der Waals surface area contributed by atoms with E-state index in [1.54, 1.807) is 11.3 Å². The summed E-state index contributed by atoms with van der Waals surface area (Å²) in [7, 11) is 0. The SMILES string of the molecule is CCCNC(Cc1ccsc1)c1cccc(C)n1. The van der Waals surface area contributed by atoms with E-state index in [4.69, 9.17) is 0 Å². The Hall–Kier alpha value is -1.19. The first kappa shape index (κ1) is 13.2. The molecule has 0 bridgehead atoms. The molecule has 18 heavy (non-hydrogen) atoms. The van der Waals surface area contributed by atoms with Crippen molar-refractivity contribution < 1.29 is 0 Å². The number of aryl methyl sites for hydroxylation is 1. The van der Waals surface area contributed by atoms with E-state index in [9.17, 15) is 0 Å². The predicted molar refractivity (Wildman–Crippen MR) is 78.0 cm³/mol. The monoisotopic (exact) mass is 260 g/mol. The van der Waals surface area contributed by atoms with Gasteiger partial charge in [-0.25, -0.2) is 0 Å². The zero-order valence-electron chi connectivity index (χ0n) is 11.0. The average molecular weight is 260 g/mol. The van der Waals surface area contributed by atoms with Crippen LogP contribution in [0.25, 0.3) is 0 Å². The molecule has 0 radical (unpaired) electrons. The molecule has 0 aliphatic rings. The molecule has 1 N–H and O–H groups in total. The average Bonchev–Trinajstić information content (AvgIpc) is 2.87. The van der Waals surface area contributed by atoms with Gasteiger partial charge >= 0.3 is 0 Å². The second kappa shape index (κ2) is 6.66. The van der Waals surface area contributed by atoms with E-state index in [2.05, 4.69) is 46.2 Å². The number of hydrogen-bond donors (Lipinski definition) is 1. The molecule has 2 rings (SSSR count). The molecule has 3 heteroatoms. The molecule has 2 nitrogen and oxygen atoms in total. The summed E-state index contributed by atoms with van der Waals surface area (Å²) in [5, 5.41) is 7.95. The molecule has 0 spiro atoms. The highest BCUT2D eigenvalue weighted by atomic mass is 32.1. The fraction of sp³-hybridized carbons (Fsp3) is 0.400. The van der Waals surface area contributed by atoms with Crippen LogP contribution in [0.5, 0.6) is 0 Å². The third kappa shape index (κ3) is 3.65. The van der Waals surface area contributed by atoms with Gasteiger partial charge < -0.3 is 5.32 Å². The maximum Gasteiger partial charge on any atom is 0.0579 e. The Kier molecular flexibility index (Phi) is 4.90. The van der Waals surface area contributed by atoms with Gasteiger partial charge in [0.15, 0.2) is 0 Å². The van der Waals surface area contributed by atoms with E-state index in [1.165, 1.54) is 5.56 Å². The topological polar surface area (TPSA) is 24.9 Å². The van der Waals surface area contributed by atoms with Gasteiger partial charge in [0.25, 0.3) is 0 Å². The van der Waals surface area contributed by atoms with Gasteiger partial charge in [0.05, 0.1) is 11.7 Å². The summed E-state index contributed by atoms with van der Waals surface area (Å²) in [5.74, 6) is 0. The van der Waals surface area contributed by atoms with Crippen molar-refractivity contribution in [3.05, 3.63) is 52.0 Å². The number of hydrogen-bond acceptors (Lipinski definition) is 3. The summed E-state index contributed by atoms with van der Waals surface area (Å²) < 4.78 is 0. The summed E-state index contributed by atoms with van der Waals surface area (Å²) in [6, 6.07) is 8.77. The fourth-order valence-corrected chi connectivity index (χ4v) is 2.68. The van der Waals surface area contributed by atoms with Crippen LogP contribution in [0.1, 0.15) is 36.3 Å². The molecule has 96 valence electrons. The number of thiophene rings is 1. The van der Waals surface area contributed by atoms with Gasteiger partial charge in [0.2, 0.25) is 0 Å². The molecule has 2 heterocycles. The second-order valence-corrected chi connectivity index (χ2v) is 5.33. The predicted octanol–water partition coefficient (Wildman–Crippen LogP) is 3.73. The molecule has 0 amide bonds. The standard InChI is InChI=1S/C15H20N2S/c1-3-8-16-15(10-13-7-9-18-11-13)14-6-4-5-12(2)17-14/h4-7,9,11,15-16H,3,8,10H2,1-2H3. The number of rotatable bonds is 6. The molecule has 0 saturated carbocycles. The highest BCUT2D eigenvalue weighted by Crippen LogP contribution is 2.18. The molecule has 0 aliphatic carbocycles. The van der Waals surface area contributed by atoms with Crippen molar-refractivity contribution in [1.29, 1.82) is 0 Å². The van der Waals surface area contributed by atoms with Gasteiger partial charge in [-0.05, 0) is 60.8 Å². The van der Waals surface area contributed by atoms with Crippen LogP contribution in [0.4, 0.5) is 0 Å². The summed E-state index contributed by atoms with van der Waals surface area (Å²) in [6.45, 7) is 5.27. The minimum Gasteiger partial charge on any atom is -0.308 e. The maximum absolute atomic E-state index is 4.65. The first-order valence-corrected chi connectivity index (χ1v) is 7.42. The highest BCUT2D eigenvalue weighted by Gasteiger charge is 2.13. The zero-order valence-corrected chi connectivity index (χ0v) is 11.8. The minimum absolute atomic E-state index is 0.319. The van der Waals surface area contributed by atoms with Crippen LogP contribution in [0.3, 0.4) is 0 Å². The maximum atomic E-state index is 4.65. The highest BCUT2D eigenvalue weighted by molar-refractivity contribution is 7.07. The quantitative estimate of drug-likeness (QED) is 0.856. The Morgan fingerprint density at radius 2 is 2.22 bits per heavy atom. The summed E-state index contributed by atoms with van der Waals surface area (Å²) in [5.41, 5.74) is 3.62. The Morgan fingerprint density at radius 3 is 2.89 bits per heavy atom. The number of aromatic nitrogens is 1. The van der Waals surface area contributed by atoms with Crippen LogP contribution < -0.4 is 5.32 Å².